The van der Waals surface area contributed by atoms with E-state index in [0.29, 0.717) is 5.75 Å². The van der Waals surface area contributed by atoms with Crippen molar-refractivity contribution >= 4 is 42.9 Å². The van der Waals surface area contributed by atoms with Crippen LogP contribution in [-0.4, -0.2) is 14.5 Å². The molecule has 0 atom stereocenters. The van der Waals surface area contributed by atoms with E-state index in [0.717, 1.165) is 25.7 Å². The zero-order valence-electron chi connectivity index (χ0n) is 9.33. The highest BCUT2D eigenvalue weighted by Gasteiger charge is 2.21. The maximum absolute atomic E-state index is 11.2. The van der Waals surface area contributed by atoms with Crippen LogP contribution in [0.25, 0.3) is 0 Å². The van der Waals surface area contributed by atoms with E-state index in [2.05, 4.69) is 0 Å². The van der Waals surface area contributed by atoms with Crippen LogP contribution in [0.1, 0.15) is 25.7 Å². The van der Waals surface area contributed by atoms with Gasteiger partial charge in [-0.05, 0) is 31.7 Å². The molecule has 0 aliphatic heterocycles. The Hall–Kier alpha value is -0.160. The minimum Gasteiger partial charge on any atom is -0.489 e. The van der Waals surface area contributed by atoms with Crippen LogP contribution < -0.4 is 4.74 Å². The molecule has 0 spiro atoms. The Morgan fingerprint density at radius 2 is 1.72 bits per heavy atom. The summed E-state index contributed by atoms with van der Waals surface area (Å²) in [4.78, 5) is -0.199. The third-order valence-electron chi connectivity index (χ3n) is 2.84. The molecule has 0 radical (unpaired) electrons. The molecule has 0 N–H and O–H groups in total. The third kappa shape index (κ3) is 3.23. The first-order chi connectivity index (χ1) is 8.38. The molecule has 2 rings (SSSR count). The second-order valence-electron chi connectivity index (χ2n) is 4.18. The molecule has 0 heterocycles. The van der Waals surface area contributed by atoms with Gasteiger partial charge in [-0.15, -0.1) is 0 Å². The van der Waals surface area contributed by atoms with Gasteiger partial charge in [-0.25, -0.2) is 8.42 Å². The molecule has 100 valence electrons. The lowest BCUT2D eigenvalue weighted by atomic mass is 10.3. The van der Waals surface area contributed by atoms with Crippen molar-refractivity contribution in [2.45, 2.75) is 36.7 Å². The Balaban J connectivity index is 2.30. The zero-order chi connectivity index (χ0) is 13.3. The number of halogens is 3. The minimum atomic E-state index is -3.90. The van der Waals surface area contributed by atoms with E-state index < -0.39 is 9.05 Å². The van der Waals surface area contributed by atoms with E-state index >= 15 is 0 Å². The van der Waals surface area contributed by atoms with Gasteiger partial charge in [0.25, 0.3) is 9.05 Å². The van der Waals surface area contributed by atoms with Crippen LogP contribution in [0.15, 0.2) is 17.0 Å². The van der Waals surface area contributed by atoms with Crippen LogP contribution in [0, 0.1) is 0 Å². The fourth-order valence-corrected chi connectivity index (χ4v) is 3.76. The molecule has 1 aliphatic rings. The molecule has 0 unspecified atom stereocenters. The van der Waals surface area contributed by atoms with Crippen molar-refractivity contribution < 1.29 is 13.2 Å². The lowest BCUT2D eigenvalue weighted by Crippen LogP contribution is -2.11. The standard InChI is InChI=1S/C11H11Cl3O3S/c12-8-6-11(18(14,15)16)9(13)5-10(8)17-7-3-1-2-4-7/h5-7H,1-4H2. The Kier molecular flexibility index (Phi) is 4.32. The van der Waals surface area contributed by atoms with Gasteiger partial charge in [-0.3, -0.25) is 0 Å². The number of hydrogen-bond donors (Lipinski definition) is 0. The molecule has 1 aromatic rings. The van der Waals surface area contributed by atoms with Gasteiger partial charge < -0.3 is 4.74 Å². The highest BCUT2D eigenvalue weighted by Crippen LogP contribution is 2.36. The number of benzene rings is 1. The molecule has 1 aromatic carbocycles. The van der Waals surface area contributed by atoms with Crippen molar-refractivity contribution in [3.63, 3.8) is 0 Å². The van der Waals surface area contributed by atoms with Gasteiger partial charge in [0.15, 0.2) is 0 Å². The van der Waals surface area contributed by atoms with Crippen LogP contribution in [0.5, 0.6) is 5.75 Å². The molecule has 0 saturated heterocycles. The predicted molar refractivity (Wildman–Crippen MR) is 72.4 cm³/mol. The average Bonchev–Trinajstić information content (AvgIpc) is 2.74. The number of ether oxygens (including phenoxy) is 1. The molecule has 0 aromatic heterocycles. The summed E-state index contributed by atoms with van der Waals surface area (Å²) in [6.45, 7) is 0. The molecule has 7 heteroatoms. The van der Waals surface area contributed by atoms with Crippen molar-refractivity contribution in [2.24, 2.45) is 0 Å². The quantitative estimate of drug-likeness (QED) is 0.779. The summed E-state index contributed by atoms with van der Waals surface area (Å²) in [6, 6.07) is 2.62. The van der Waals surface area contributed by atoms with Crippen LogP contribution in [0.2, 0.25) is 10.0 Å². The summed E-state index contributed by atoms with van der Waals surface area (Å²) >= 11 is 11.8. The normalized spacial score (nSPS) is 17.1. The lowest BCUT2D eigenvalue weighted by molar-refractivity contribution is 0.210. The van der Waals surface area contributed by atoms with Gasteiger partial charge in [0.05, 0.1) is 16.1 Å². The lowest BCUT2D eigenvalue weighted by Gasteiger charge is -2.15. The van der Waals surface area contributed by atoms with Crippen LogP contribution >= 0.6 is 33.9 Å². The third-order valence-corrected chi connectivity index (χ3v) is 4.93. The second-order valence-corrected chi connectivity index (χ2v) is 7.52. The first kappa shape index (κ1) is 14.3. The largest absolute Gasteiger partial charge is 0.489 e. The van der Waals surface area contributed by atoms with Crippen molar-refractivity contribution in [1.82, 2.24) is 0 Å². The first-order valence-electron chi connectivity index (χ1n) is 5.48. The summed E-state index contributed by atoms with van der Waals surface area (Å²) in [5, 5.41) is 0.216. The van der Waals surface area contributed by atoms with Gasteiger partial charge >= 0.3 is 0 Å². The van der Waals surface area contributed by atoms with Crippen molar-refractivity contribution in [2.75, 3.05) is 0 Å². The van der Waals surface area contributed by atoms with E-state index in [9.17, 15) is 8.42 Å². The van der Waals surface area contributed by atoms with Gasteiger partial charge in [0.2, 0.25) is 0 Å². The minimum absolute atomic E-state index is 0.0161. The van der Waals surface area contributed by atoms with Crippen LogP contribution in [0.4, 0.5) is 0 Å². The Bertz CT molecular complexity index is 551. The average molecular weight is 330 g/mol. The van der Waals surface area contributed by atoms with E-state index in [1.165, 1.54) is 12.1 Å². The molecule has 1 fully saturated rings. The van der Waals surface area contributed by atoms with Crippen molar-refractivity contribution in [1.29, 1.82) is 0 Å². The van der Waals surface area contributed by atoms with Gasteiger partial charge in [0.1, 0.15) is 10.6 Å². The maximum atomic E-state index is 11.2. The summed E-state index contributed by atoms with van der Waals surface area (Å²) in [5.41, 5.74) is 0. The van der Waals surface area contributed by atoms with E-state index in [-0.39, 0.29) is 21.0 Å². The summed E-state index contributed by atoms with van der Waals surface area (Å²) in [6.07, 6.45) is 4.33. The summed E-state index contributed by atoms with van der Waals surface area (Å²) in [5.74, 6) is 0.401. The molecular formula is C11H11Cl3O3S. The fraction of sp³-hybridized carbons (Fsp3) is 0.455. The van der Waals surface area contributed by atoms with Crippen molar-refractivity contribution in [3.05, 3.63) is 22.2 Å². The Morgan fingerprint density at radius 3 is 2.28 bits per heavy atom. The van der Waals surface area contributed by atoms with Gasteiger partial charge in [-0.2, -0.15) is 0 Å². The van der Waals surface area contributed by atoms with Gasteiger partial charge in [0, 0.05) is 16.7 Å². The smallest absolute Gasteiger partial charge is 0.262 e. The predicted octanol–water partition coefficient (Wildman–Crippen LogP) is 4.24. The first-order valence-corrected chi connectivity index (χ1v) is 8.55. The fourth-order valence-electron chi connectivity index (χ4n) is 1.97. The molecule has 0 bridgehead atoms. The number of rotatable bonds is 3. The van der Waals surface area contributed by atoms with E-state index in [1.807, 2.05) is 0 Å². The Morgan fingerprint density at radius 1 is 1.11 bits per heavy atom. The van der Waals surface area contributed by atoms with E-state index in [4.69, 9.17) is 38.6 Å². The van der Waals surface area contributed by atoms with E-state index in [1.54, 1.807) is 0 Å². The SMILES string of the molecule is O=S(=O)(Cl)c1cc(Cl)c(OC2CCCC2)cc1Cl. The van der Waals surface area contributed by atoms with Crippen LogP contribution in [0.3, 0.4) is 0 Å². The Labute approximate surface area is 120 Å². The summed E-state index contributed by atoms with van der Waals surface area (Å²) in [7, 11) is 1.35. The highest BCUT2D eigenvalue weighted by molar-refractivity contribution is 8.13. The second kappa shape index (κ2) is 5.45. The van der Waals surface area contributed by atoms with Crippen molar-refractivity contribution in [3.8, 4) is 5.75 Å². The molecule has 3 nitrogen and oxygen atoms in total. The summed E-state index contributed by atoms with van der Waals surface area (Å²) < 4.78 is 28.2. The molecule has 0 amide bonds. The zero-order valence-corrected chi connectivity index (χ0v) is 12.4. The number of hydrogen-bond acceptors (Lipinski definition) is 3. The highest BCUT2D eigenvalue weighted by atomic mass is 35.7. The maximum Gasteiger partial charge on any atom is 0.262 e. The van der Waals surface area contributed by atoms with Gasteiger partial charge in [-0.1, -0.05) is 23.2 Å². The molecular weight excluding hydrogens is 319 g/mol. The monoisotopic (exact) mass is 328 g/mol. The van der Waals surface area contributed by atoms with Crippen LogP contribution in [-0.2, 0) is 9.05 Å². The topological polar surface area (TPSA) is 43.4 Å². The molecule has 1 saturated carbocycles. The molecule has 18 heavy (non-hydrogen) atoms. The molecule has 1 aliphatic carbocycles.